The van der Waals surface area contributed by atoms with E-state index in [1.807, 2.05) is 0 Å². The summed E-state index contributed by atoms with van der Waals surface area (Å²) in [5, 5.41) is 3.62. The Bertz CT molecular complexity index is 675. The molecule has 0 aromatic heterocycles. The molecule has 0 aliphatic carbocycles. The SMILES string of the molecule is Cc1c(C(C)(C)C)cc2c(c1C)Cc1ccccc1N2. The van der Waals surface area contributed by atoms with Gasteiger partial charge in [-0.25, -0.2) is 0 Å². The van der Waals surface area contributed by atoms with Crippen LogP contribution in [0, 0.1) is 13.8 Å². The number of hydrogen-bond donors (Lipinski definition) is 1. The summed E-state index contributed by atoms with van der Waals surface area (Å²) in [7, 11) is 0. The third kappa shape index (κ3) is 2.02. The molecule has 104 valence electrons. The Morgan fingerprint density at radius 2 is 1.65 bits per heavy atom. The van der Waals surface area contributed by atoms with Crippen LogP contribution in [0.4, 0.5) is 11.4 Å². The van der Waals surface area contributed by atoms with Gasteiger partial charge in [0.2, 0.25) is 0 Å². The van der Waals surface area contributed by atoms with E-state index < -0.39 is 0 Å². The summed E-state index contributed by atoms with van der Waals surface area (Å²) in [4.78, 5) is 0. The summed E-state index contributed by atoms with van der Waals surface area (Å²) < 4.78 is 0. The van der Waals surface area contributed by atoms with Gasteiger partial charge in [-0.2, -0.15) is 0 Å². The number of hydrogen-bond acceptors (Lipinski definition) is 1. The molecule has 1 nitrogen and oxygen atoms in total. The minimum absolute atomic E-state index is 0.183. The molecular formula is C19H23N. The molecular weight excluding hydrogens is 242 g/mol. The van der Waals surface area contributed by atoms with Crippen LogP contribution >= 0.6 is 0 Å². The van der Waals surface area contributed by atoms with Crippen LogP contribution in [-0.4, -0.2) is 0 Å². The Hall–Kier alpha value is -1.76. The molecule has 2 aromatic carbocycles. The van der Waals surface area contributed by atoms with E-state index in [9.17, 15) is 0 Å². The van der Waals surface area contributed by atoms with Crippen molar-refractivity contribution in [3.8, 4) is 0 Å². The molecule has 0 atom stereocenters. The fraction of sp³-hybridized carbons (Fsp3) is 0.368. The van der Waals surface area contributed by atoms with Crippen molar-refractivity contribution >= 4 is 11.4 Å². The van der Waals surface area contributed by atoms with Gasteiger partial charge in [-0.05, 0) is 59.2 Å². The van der Waals surface area contributed by atoms with Gasteiger partial charge in [0.25, 0.3) is 0 Å². The molecule has 0 saturated heterocycles. The van der Waals surface area contributed by atoms with E-state index in [0.29, 0.717) is 0 Å². The summed E-state index contributed by atoms with van der Waals surface area (Å²) >= 11 is 0. The average molecular weight is 265 g/mol. The Balaban J connectivity index is 2.18. The predicted octanol–water partition coefficient (Wildman–Crippen LogP) is 5.25. The van der Waals surface area contributed by atoms with Gasteiger partial charge in [-0.15, -0.1) is 0 Å². The number of nitrogens with one attached hydrogen (secondary N) is 1. The fourth-order valence-corrected chi connectivity index (χ4v) is 3.22. The molecule has 0 bridgehead atoms. The molecule has 1 aliphatic rings. The second-order valence-electron chi connectivity index (χ2n) is 6.91. The van der Waals surface area contributed by atoms with Gasteiger partial charge in [0.1, 0.15) is 0 Å². The predicted molar refractivity (Wildman–Crippen MR) is 87.1 cm³/mol. The molecule has 0 radical (unpaired) electrons. The Labute approximate surface area is 122 Å². The summed E-state index contributed by atoms with van der Waals surface area (Å²) in [6, 6.07) is 11.0. The first-order valence-electron chi connectivity index (χ1n) is 7.36. The van der Waals surface area contributed by atoms with Crippen LogP contribution in [0.5, 0.6) is 0 Å². The topological polar surface area (TPSA) is 12.0 Å². The van der Waals surface area contributed by atoms with Gasteiger partial charge < -0.3 is 5.32 Å². The van der Waals surface area contributed by atoms with Gasteiger partial charge in [0.05, 0.1) is 0 Å². The fourth-order valence-electron chi connectivity index (χ4n) is 3.22. The first-order chi connectivity index (χ1) is 9.38. The third-order valence-electron chi connectivity index (χ3n) is 4.49. The van der Waals surface area contributed by atoms with Crippen molar-refractivity contribution in [1.29, 1.82) is 0 Å². The lowest BCUT2D eigenvalue weighted by Crippen LogP contribution is -2.17. The number of benzene rings is 2. The third-order valence-corrected chi connectivity index (χ3v) is 4.49. The maximum Gasteiger partial charge on any atom is 0.0426 e. The van der Waals surface area contributed by atoms with E-state index in [-0.39, 0.29) is 5.41 Å². The van der Waals surface area contributed by atoms with E-state index in [1.54, 1.807) is 0 Å². The average Bonchev–Trinajstić information content (AvgIpc) is 2.40. The molecule has 1 aliphatic heterocycles. The van der Waals surface area contributed by atoms with E-state index in [2.05, 4.69) is 70.3 Å². The number of para-hydroxylation sites is 1. The van der Waals surface area contributed by atoms with Crippen molar-refractivity contribution in [1.82, 2.24) is 0 Å². The maximum absolute atomic E-state index is 3.62. The molecule has 0 saturated carbocycles. The molecule has 1 heteroatoms. The first-order valence-corrected chi connectivity index (χ1v) is 7.36. The largest absolute Gasteiger partial charge is 0.355 e. The van der Waals surface area contributed by atoms with Crippen LogP contribution in [0.15, 0.2) is 30.3 Å². The lowest BCUT2D eigenvalue weighted by atomic mass is 9.79. The van der Waals surface area contributed by atoms with Crippen molar-refractivity contribution in [2.24, 2.45) is 0 Å². The van der Waals surface area contributed by atoms with Crippen LogP contribution < -0.4 is 5.32 Å². The van der Waals surface area contributed by atoms with Gasteiger partial charge in [-0.1, -0.05) is 39.0 Å². The second-order valence-corrected chi connectivity index (χ2v) is 6.91. The molecule has 3 rings (SSSR count). The molecule has 0 spiro atoms. The van der Waals surface area contributed by atoms with Crippen molar-refractivity contribution in [3.63, 3.8) is 0 Å². The highest BCUT2D eigenvalue weighted by Gasteiger charge is 2.23. The highest BCUT2D eigenvalue weighted by molar-refractivity contribution is 5.74. The summed E-state index contributed by atoms with van der Waals surface area (Å²) in [5.41, 5.74) is 9.90. The highest BCUT2D eigenvalue weighted by atomic mass is 14.9. The standard InChI is InChI=1S/C19H23N/c1-12-13(2)16(19(3,4)5)11-18-15(12)10-14-8-6-7-9-17(14)20-18/h6-9,11,20H,10H2,1-5H3. The van der Waals surface area contributed by atoms with Crippen molar-refractivity contribution in [3.05, 3.63) is 58.1 Å². The van der Waals surface area contributed by atoms with Crippen LogP contribution in [0.25, 0.3) is 0 Å². The van der Waals surface area contributed by atoms with Crippen LogP contribution in [0.3, 0.4) is 0 Å². The van der Waals surface area contributed by atoms with Gasteiger partial charge in [0, 0.05) is 17.8 Å². The lowest BCUT2D eigenvalue weighted by Gasteiger charge is -2.29. The molecule has 0 fully saturated rings. The number of anilines is 2. The summed E-state index contributed by atoms with van der Waals surface area (Å²) in [6.07, 6.45) is 1.04. The van der Waals surface area contributed by atoms with Gasteiger partial charge >= 0.3 is 0 Å². The van der Waals surface area contributed by atoms with Crippen molar-refractivity contribution in [2.45, 2.75) is 46.5 Å². The normalized spacial score (nSPS) is 13.4. The van der Waals surface area contributed by atoms with Crippen LogP contribution in [-0.2, 0) is 11.8 Å². The number of rotatable bonds is 0. The Morgan fingerprint density at radius 3 is 2.35 bits per heavy atom. The molecule has 1 heterocycles. The van der Waals surface area contributed by atoms with E-state index in [1.165, 1.54) is 39.2 Å². The van der Waals surface area contributed by atoms with E-state index in [0.717, 1.165) is 6.42 Å². The monoisotopic (exact) mass is 265 g/mol. The minimum atomic E-state index is 0.183. The molecule has 20 heavy (non-hydrogen) atoms. The van der Waals surface area contributed by atoms with Crippen LogP contribution in [0.1, 0.15) is 48.6 Å². The lowest BCUT2D eigenvalue weighted by molar-refractivity contribution is 0.585. The van der Waals surface area contributed by atoms with E-state index >= 15 is 0 Å². The molecule has 0 amide bonds. The minimum Gasteiger partial charge on any atom is -0.355 e. The summed E-state index contributed by atoms with van der Waals surface area (Å²) in [6.45, 7) is 11.4. The van der Waals surface area contributed by atoms with E-state index in [4.69, 9.17) is 0 Å². The quantitative estimate of drug-likeness (QED) is 0.585. The first kappa shape index (κ1) is 13.2. The van der Waals surface area contributed by atoms with Crippen LogP contribution in [0.2, 0.25) is 0 Å². The Morgan fingerprint density at radius 1 is 0.950 bits per heavy atom. The van der Waals surface area contributed by atoms with Gasteiger partial charge in [-0.3, -0.25) is 0 Å². The smallest absolute Gasteiger partial charge is 0.0426 e. The summed E-state index contributed by atoms with van der Waals surface area (Å²) in [5.74, 6) is 0. The zero-order valence-corrected chi connectivity index (χ0v) is 13.1. The van der Waals surface area contributed by atoms with Crippen molar-refractivity contribution in [2.75, 3.05) is 5.32 Å². The molecule has 1 N–H and O–H groups in total. The molecule has 2 aromatic rings. The Kier molecular flexibility index (Phi) is 2.89. The number of fused-ring (bicyclic) bond motifs is 2. The molecule has 0 unspecified atom stereocenters. The van der Waals surface area contributed by atoms with Crippen molar-refractivity contribution < 1.29 is 0 Å². The second kappa shape index (κ2) is 4.37. The van der Waals surface area contributed by atoms with Gasteiger partial charge in [0.15, 0.2) is 0 Å². The maximum atomic E-state index is 3.62. The zero-order valence-electron chi connectivity index (χ0n) is 13.1. The zero-order chi connectivity index (χ0) is 14.5. The highest BCUT2D eigenvalue weighted by Crippen LogP contribution is 2.39.